The number of piperidine rings is 3. The first-order valence-corrected chi connectivity index (χ1v) is 9.48. The van der Waals surface area contributed by atoms with Crippen LogP contribution in [-0.2, 0) is 0 Å². The average molecular weight is 330 g/mol. The van der Waals surface area contributed by atoms with Gasteiger partial charge in [-0.1, -0.05) is 6.42 Å². The van der Waals surface area contributed by atoms with Crippen LogP contribution in [-0.4, -0.2) is 61.7 Å². The van der Waals surface area contributed by atoms with Gasteiger partial charge in [0.1, 0.15) is 0 Å². The molecule has 0 aromatic carbocycles. The van der Waals surface area contributed by atoms with Crippen LogP contribution in [0.4, 0.5) is 0 Å². The molecule has 0 aliphatic carbocycles. The summed E-state index contributed by atoms with van der Waals surface area (Å²) < 4.78 is 0. The van der Waals surface area contributed by atoms with Crippen LogP contribution in [0.3, 0.4) is 0 Å². The van der Waals surface area contributed by atoms with Crippen molar-refractivity contribution in [2.45, 2.75) is 57.9 Å². The topological polar surface area (TPSA) is 18.5 Å². The lowest BCUT2D eigenvalue weighted by Gasteiger charge is -2.40. The highest BCUT2D eigenvalue weighted by Crippen LogP contribution is 2.24. The smallest absolute Gasteiger partial charge is 0.00670 e. The molecule has 0 bridgehead atoms. The Morgan fingerprint density at radius 1 is 0.864 bits per heavy atom. The van der Waals surface area contributed by atoms with E-state index in [1.807, 2.05) is 0 Å². The minimum absolute atomic E-state index is 0. The van der Waals surface area contributed by atoms with Gasteiger partial charge in [0.25, 0.3) is 0 Å². The van der Waals surface area contributed by atoms with Crippen LogP contribution in [0.25, 0.3) is 0 Å². The summed E-state index contributed by atoms with van der Waals surface area (Å²) in [6.45, 7) is 11.7. The maximum atomic E-state index is 3.49. The Labute approximate surface area is 143 Å². The highest BCUT2D eigenvalue weighted by Gasteiger charge is 2.27. The third-order valence-corrected chi connectivity index (χ3v) is 6.01. The van der Waals surface area contributed by atoms with Gasteiger partial charge in [0.2, 0.25) is 0 Å². The molecule has 130 valence electrons. The minimum atomic E-state index is 0. The van der Waals surface area contributed by atoms with E-state index in [0.717, 1.165) is 17.9 Å². The zero-order chi connectivity index (χ0) is 14.5. The first-order valence-electron chi connectivity index (χ1n) is 9.48. The maximum Gasteiger partial charge on any atom is 0.00670 e. The van der Waals surface area contributed by atoms with Crippen molar-refractivity contribution in [1.29, 1.82) is 0 Å². The van der Waals surface area contributed by atoms with Gasteiger partial charge in [0.15, 0.2) is 0 Å². The summed E-state index contributed by atoms with van der Waals surface area (Å²) in [6, 6.07) is 0.832. The Balaban J connectivity index is 0.00000176. The third-order valence-electron chi connectivity index (χ3n) is 6.01. The number of rotatable bonds is 4. The molecule has 3 heterocycles. The Kier molecular flexibility index (Phi) is 7.96. The molecule has 2 atom stereocenters. The molecule has 1 N–H and O–H groups in total. The second kappa shape index (κ2) is 9.46. The largest absolute Gasteiger partial charge is 0.317 e. The van der Waals surface area contributed by atoms with Crippen molar-refractivity contribution in [3.63, 3.8) is 0 Å². The summed E-state index contributed by atoms with van der Waals surface area (Å²) in [6.07, 6.45) is 9.98. The van der Waals surface area contributed by atoms with E-state index in [0.29, 0.717) is 0 Å². The van der Waals surface area contributed by atoms with Crippen molar-refractivity contribution < 1.29 is 0 Å². The van der Waals surface area contributed by atoms with E-state index in [9.17, 15) is 0 Å². The molecule has 3 aliphatic rings. The van der Waals surface area contributed by atoms with Crippen molar-refractivity contribution >= 4 is 12.4 Å². The van der Waals surface area contributed by atoms with E-state index in [2.05, 4.69) is 22.0 Å². The number of likely N-dealkylation sites (tertiary alicyclic amines) is 2. The monoisotopic (exact) mass is 329 g/mol. The van der Waals surface area contributed by atoms with Gasteiger partial charge in [-0.2, -0.15) is 0 Å². The van der Waals surface area contributed by atoms with E-state index >= 15 is 0 Å². The fourth-order valence-electron chi connectivity index (χ4n) is 4.66. The SMILES string of the molecule is CC1CCCCN1CC1CCCN(CC2CCNCC2)C1.Cl. The molecule has 0 saturated carbocycles. The molecule has 0 aromatic heterocycles. The van der Waals surface area contributed by atoms with Gasteiger partial charge >= 0.3 is 0 Å². The summed E-state index contributed by atoms with van der Waals surface area (Å²) in [7, 11) is 0. The maximum absolute atomic E-state index is 3.49. The summed E-state index contributed by atoms with van der Waals surface area (Å²) >= 11 is 0. The van der Waals surface area contributed by atoms with E-state index in [4.69, 9.17) is 0 Å². The lowest BCUT2D eigenvalue weighted by molar-refractivity contribution is 0.0841. The van der Waals surface area contributed by atoms with E-state index < -0.39 is 0 Å². The number of halogens is 1. The van der Waals surface area contributed by atoms with E-state index in [-0.39, 0.29) is 12.4 Å². The highest BCUT2D eigenvalue weighted by molar-refractivity contribution is 5.85. The van der Waals surface area contributed by atoms with Crippen LogP contribution in [0.1, 0.15) is 51.9 Å². The predicted octanol–water partition coefficient (Wildman–Crippen LogP) is 2.99. The van der Waals surface area contributed by atoms with E-state index in [1.54, 1.807) is 0 Å². The second-order valence-corrected chi connectivity index (χ2v) is 7.80. The molecule has 3 rings (SSSR count). The van der Waals surface area contributed by atoms with Gasteiger partial charge < -0.3 is 15.1 Å². The van der Waals surface area contributed by atoms with Gasteiger partial charge in [-0.3, -0.25) is 0 Å². The molecule has 0 aromatic rings. The molecule has 0 radical (unpaired) electrons. The van der Waals surface area contributed by atoms with Crippen molar-refractivity contribution in [3.8, 4) is 0 Å². The molecule has 3 saturated heterocycles. The second-order valence-electron chi connectivity index (χ2n) is 7.80. The number of hydrogen-bond acceptors (Lipinski definition) is 3. The van der Waals surface area contributed by atoms with Gasteiger partial charge in [-0.05, 0) is 83.5 Å². The lowest BCUT2D eigenvalue weighted by atomic mass is 9.92. The van der Waals surface area contributed by atoms with Crippen molar-refractivity contribution in [1.82, 2.24) is 15.1 Å². The van der Waals surface area contributed by atoms with Gasteiger partial charge in [-0.15, -0.1) is 12.4 Å². The third kappa shape index (κ3) is 5.36. The molecular weight excluding hydrogens is 294 g/mol. The fraction of sp³-hybridized carbons (Fsp3) is 1.00. The van der Waals surface area contributed by atoms with Crippen molar-refractivity contribution in [2.75, 3.05) is 45.8 Å². The van der Waals surface area contributed by atoms with Crippen LogP contribution in [0.5, 0.6) is 0 Å². The lowest BCUT2D eigenvalue weighted by Crippen LogP contribution is -2.46. The molecule has 3 nitrogen and oxygen atoms in total. The number of nitrogens with zero attached hydrogens (tertiary/aromatic N) is 2. The summed E-state index contributed by atoms with van der Waals surface area (Å²) in [5, 5.41) is 3.49. The number of hydrogen-bond donors (Lipinski definition) is 1. The average Bonchev–Trinajstić information content (AvgIpc) is 2.51. The Morgan fingerprint density at radius 2 is 1.68 bits per heavy atom. The molecule has 4 heteroatoms. The fourth-order valence-corrected chi connectivity index (χ4v) is 4.66. The van der Waals surface area contributed by atoms with Gasteiger partial charge in [-0.25, -0.2) is 0 Å². The van der Waals surface area contributed by atoms with E-state index in [1.165, 1.54) is 90.8 Å². The summed E-state index contributed by atoms with van der Waals surface area (Å²) in [5.74, 6) is 1.89. The quantitative estimate of drug-likeness (QED) is 0.855. The Bertz CT molecular complexity index is 307. The standard InChI is InChI=1S/C18H35N3.ClH/c1-16-5-2-3-12-21(16)15-18-6-4-11-20(14-18)13-17-7-9-19-10-8-17;/h16-19H,2-15H2,1H3;1H. The molecular formula is C18H36ClN3. The molecule has 0 amide bonds. The zero-order valence-electron chi connectivity index (χ0n) is 14.4. The summed E-state index contributed by atoms with van der Waals surface area (Å²) in [4.78, 5) is 5.57. The molecule has 2 unspecified atom stereocenters. The van der Waals surface area contributed by atoms with Crippen LogP contribution in [0, 0.1) is 11.8 Å². The number of nitrogens with one attached hydrogen (secondary N) is 1. The van der Waals surface area contributed by atoms with Crippen LogP contribution in [0.15, 0.2) is 0 Å². The Hall–Kier alpha value is 0.170. The molecule has 3 aliphatic heterocycles. The van der Waals surface area contributed by atoms with Crippen LogP contribution >= 0.6 is 12.4 Å². The van der Waals surface area contributed by atoms with Crippen molar-refractivity contribution in [2.24, 2.45) is 11.8 Å². The van der Waals surface area contributed by atoms with Gasteiger partial charge in [0, 0.05) is 25.7 Å². The minimum Gasteiger partial charge on any atom is -0.317 e. The van der Waals surface area contributed by atoms with Gasteiger partial charge in [0.05, 0.1) is 0 Å². The normalized spacial score (nSPS) is 32.6. The highest BCUT2D eigenvalue weighted by atomic mass is 35.5. The first kappa shape index (κ1) is 18.5. The van der Waals surface area contributed by atoms with Crippen molar-refractivity contribution in [3.05, 3.63) is 0 Å². The molecule has 0 spiro atoms. The summed E-state index contributed by atoms with van der Waals surface area (Å²) in [5.41, 5.74) is 0. The Morgan fingerprint density at radius 3 is 2.45 bits per heavy atom. The predicted molar refractivity (Wildman–Crippen MR) is 96.9 cm³/mol. The molecule has 3 fully saturated rings. The first-order chi connectivity index (χ1) is 10.3. The van der Waals surface area contributed by atoms with Crippen LogP contribution in [0.2, 0.25) is 0 Å². The molecule has 22 heavy (non-hydrogen) atoms. The zero-order valence-corrected chi connectivity index (χ0v) is 15.3. The van der Waals surface area contributed by atoms with Crippen LogP contribution < -0.4 is 5.32 Å².